The lowest BCUT2D eigenvalue weighted by Crippen LogP contribution is -2.25. The highest BCUT2D eigenvalue weighted by atomic mass is 32.2. The molecule has 1 heterocycles. The lowest BCUT2D eigenvalue weighted by atomic mass is 10.1. The number of hydrogen-bond acceptors (Lipinski definition) is 7. The van der Waals surface area contributed by atoms with Crippen molar-refractivity contribution in [1.29, 1.82) is 0 Å². The van der Waals surface area contributed by atoms with Crippen LogP contribution in [0.1, 0.15) is 28.5 Å². The Kier molecular flexibility index (Phi) is 6.15. The highest BCUT2D eigenvalue weighted by molar-refractivity contribution is 7.90. The van der Waals surface area contributed by atoms with Crippen LogP contribution in [0.5, 0.6) is 0 Å². The van der Waals surface area contributed by atoms with E-state index >= 15 is 0 Å². The maximum Gasteiger partial charge on any atom is 0.297 e. The van der Waals surface area contributed by atoms with Crippen LogP contribution in [0.2, 0.25) is 0 Å². The molecule has 0 saturated carbocycles. The average molecular weight is 499 g/mol. The monoisotopic (exact) mass is 498 g/mol. The van der Waals surface area contributed by atoms with Gasteiger partial charge < -0.3 is 0 Å². The second kappa shape index (κ2) is 8.79. The van der Waals surface area contributed by atoms with Crippen molar-refractivity contribution in [2.75, 3.05) is 0 Å². The number of Topliss-reactive ketones (excluding diaryl/α,β-unsaturated/α-hetero) is 1. The molecule has 0 saturated heterocycles. The summed E-state index contributed by atoms with van der Waals surface area (Å²) >= 11 is 0. The minimum absolute atomic E-state index is 0.0107. The van der Waals surface area contributed by atoms with Crippen LogP contribution < -0.4 is 0 Å². The maximum atomic E-state index is 13.3. The summed E-state index contributed by atoms with van der Waals surface area (Å²) in [7, 11) is -8.33. The highest BCUT2D eigenvalue weighted by Crippen LogP contribution is 2.26. The number of rotatable bonds is 7. The first kappa shape index (κ1) is 23.8. The van der Waals surface area contributed by atoms with Crippen LogP contribution in [0, 0.1) is 13.8 Å². The third-order valence-electron chi connectivity index (χ3n) is 5.29. The summed E-state index contributed by atoms with van der Waals surface area (Å²) in [5.74, 6) is -0.759. The zero-order valence-electron chi connectivity index (χ0n) is 18.7. The molecule has 34 heavy (non-hydrogen) atoms. The van der Waals surface area contributed by atoms with Crippen molar-refractivity contribution in [3.63, 3.8) is 0 Å². The Bertz CT molecular complexity index is 1590. The summed E-state index contributed by atoms with van der Waals surface area (Å²) in [6.07, 6.45) is -1.43. The molecule has 3 aromatic carbocycles. The molecule has 0 amide bonds. The first-order valence-electron chi connectivity index (χ1n) is 10.3. The number of para-hydroxylation sites is 1. The topological polar surface area (TPSA) is 112 Å². The Hall–Kier alpha value is -3.34. The number of carbonyl (C=O) groups excluding carboxylic acids is 1. The number of ketones is 1. The first-order chi connectivity index (χ1) is 16.0. The number of fused-ring (bicyclic) bond motifs is 1. The fourth-order valence-electron chi connectivity index (χ4n) is 3.40. The molecule has 0 N–H and O–H groups in total. The summed E-state index contributed by atoms with van der Waals surface area (Å²) in [6, 6.07) is 18.6. The summed E-state index contributed by atoms with van der Waals surface area (Å²) < 4.78 is 57.7. The van der Waals surface area contributed by atoms with Gasteiger partial charge in [0.05, 0.1) is 15.3 Å². The highest BCUT2D eigenvalue weighted by Gasteiger charge is 2.30. The van der Waals surface area contributed by atoms with E-state index in [0.29, 0.717) is 0 Å². The molecule has 10 heteroatoms. The molecule has 4 aromatic rings. The van der Waals surface area contributed by atoms with E-state index < -0.39 is 32.0 Å². The zero-order chi connectivity index (χ0) is 24.7. The Morgan fingerprint density at radius 1 is 0.824 bits per heavy atom. The summed E-state index contributed by atoms with van der Waals surface area (Å²) in [6.45, 7) is 4.94. The van der Waals surface area contributed by atoms with Crippen LogP contribution in [0.25, 0.3) is 10.9 Å². The van der Waals surface area contributed by atoms with Crippen LogP contribution in [0.4, 0.5) is 0 Å². The molecule has 1 unspecified atom stereocenters. The second-order valence-electron chi connectivity index (χ2n) is 7.90. The summed E-state index contributed by atoms with van der Waals surface area (Å²) in [4.78, 5) is 13.1. The van der Waals surface area contributed by atoms with Crippen molar-refractivity contribution in [2.24, 2.45) is 0 Å². The Labute approximate surface area is 198 Å². The Balaban J connectivity index is 1.73. The molecule has 176 valence electrons. The van der Waals surface area contributed by atoms with Crippen LogP contribution in [0.3, 0.4) is 0 Å². The summed E-state index contributed by atoms with van der Waals surface area (Å²) in [5.41, 5.74) is 1.76. The van der Waals surface area contributed by atoms with Gasteiger partial charge in [0.25, 0.3) is 20.1 Å². The second-order valence-corrected chi connectivity index (χ2v) is 11.2. The first-order valence-corrected chi connectivity index (χ1v) is 13.2. The van der Waals surface area contributed by atoms with Crippen molar-refractivity contribution in [3.05, 3.63) is 89.6 Å². The largest absolute Gasteiger partial charge is 0.297 e. The van der Waals surface area contributed by atoms with E-state index in [0.717, 1.165) is 15.2 Å². The Morgan fingerprint density at radius 2 is 1.35 bits per heavy atom. The van der Waals surface area contributed by atoms with Crippen molar-refractivity contribution < 1.29 is 25.8 Å². The van der Waals surface area contributed by atoms with Gasteiger partial charge in [-0.2, -0.15) is 26.0 Å². The molecule has 0 aliphatic rings. The van der Waals surface area contributed by atoms with E-state index in [1.165, 1.54) is 37.3 Å². The average Bonchev–Trinajstić information content (AvgIpc) is 3.19. The molecule has 1 atom stereocenters. The van der Waals surface area contributed by atoms with Gasteiger partial charge in [0.2, 0.25) is 5.78 Å². The molecule has 0 spiro atoms. The number of nitrogens with zero attached hydrogens (tertiary/aromatic N) is 2. The van der Waals surface area contributed by atoms with E-state index in [1.54, 1.807) is 42.5 Å². The van der Waals surface area contributed by atoms with Gasteiger partial charge in [0.1, 0.15) is 11.8 Å². The number of aromatic nitrogens is 2. The van der Waals surface area contributed by atoms with Gasteiger partial charge in [-0.3, -0.25) is 8.98 Å². The van der Waals surface area contributed by atoms with Crippen molar-refractivity contribution >= 4 is 36.8 Å². The number of hydrogen-bond donors (Lipinski definition) is 0. The van der Waals surface area contributed by atoms with Crippen molar-refractivity contribution in [1.82, 2.24) is 9.19 Å². The van der Waals surface area contributed by atoms with Gasteiger partial charge in [-0.15, -0.1) is 0 Å². The minimum Gasteiger partial charge on any atom is -0.289 e. The van der Waals surface area contributed by atoms with E-state index in [9.17, 15) is 21.6 Å². The minimum atomic E-state index is -4.22. The molecule has 0 aliphatic heterocycles. The van der Waals surface area contributed by atoms with Crippen LogP contribution in [0.15, 0.2) is 82.6 Å². The smallest absolute Gasteiger partial charge is 0.289 e. The molecule has 0 aliphatic carbocycles. The van der Waals surface area contributed by atoms with E-state index in [2.05, 4.69) is 5.10 Å². The predicted molar refractivity (Wildman–Crippen MR) is 127 cm³/mol. The van der Waals surface area contributed by atoms with Gasteiger partial charge in [0.15, 0.2) is 0 Å². The van der Waals surface area contributed by atoms with Crippen molar-refractivity contribution in [2.45, 2.75) is 36.7 Å². The molecular weight excluding hydrogens is 476 g/mol. The molecule has 4 rings (SSSR count). The fraction of sp³-hybridized carbons (Fsp3) is 0.167. The van der Waals surface area contributed by atoms with E-state index in [1.807, 2.05) is 13.8 Å². The quantitative estimate of drug-likeness (QED) is 0.281. The number of carbonyl (C=O) groups is 1. The normalized spacial score (nSPS) is 13.1. The van der Waals surface area contributed by atoms with Crippen LogP contribution in [-0.4, -0.2) is 37.9 Å². The molecule has 0 fully saturated rings. The van der Waals surface area contributed by atoms with Crippen molar-refractivity contribution in [3.8, 4) is 0 Å². The van der Waals surface area contributed by atoms with Crippen LogP contribution >= 0.6 is 0 Å². The lowest BCUT2D eigenvalue weighted by molar-refractivity contribution is 0.0822. The number of aryl methyl sites for hydroxylation is 2. The molecule has 8 nitrogen and oxygen atoms in total. The van der Waals surface area contributed by atoms with Crippen LogP contribution in [-0.2, 0) is 24.3 Å². The third-order valence-corrected chi connectivity index (χ3v) is 8.28. The van der Waals surface area contributed by atoms with Gasteiger partial charge in [0, 0.05) is 5.39 Å². The SMILES string of the molecule is Cc1ccc(S(=O)(=O)OC(C)C(=O)c2nn(S(=O)(=O)c3ccc(C)cc3)c3ccccc23)cc1. The van der Waals surface area contributed by atoms with Gasteiger partial charge in [-0.1, -0.05) is 53.6 Å². The molecule has 1 aromatic heterocycles. The lowest BCUT2D eigenvalue weighted by Gasteiger charge is -2.11. The van der Waals surface area contributed by atoms with E-state index in [-0.39, 0.29) is 26.4 Å². The fourth-order valence-corrected chi connectivity index (χ4v) is 5.74. The predicted octanol–water partition coefficient (Wildman–Crippen LogP) is 3.87. The molecule has 0 radical (unpaired) electrons. The molecular formula is C24H22N2O6S2. The maximum absolute atomic E-state index is 13.3. The third kappa shape index (κ3) is 4.39. The standard InChI is InChI=1S/C24H22N2O6S2/c1-16-8-12-19(13-9-16)33(28,29)26-22-7-5-4-6-21(22)23(25-26)24(27)18(3)32-34(30,31)20-14-10-17(2)11-15-20/h4-15,18H,1-3H3. The summed E-state index contributed by atoms with van der Waals surface area (Å²) in [5, 5.41) is 4.37. The molecule has 0 bridgehead atoms. The van der Waals surface area contributed by atoms with Gasteiger partial charge in [-0.25, -0.2) is 0 Å². The zero-order valence-corrected chi connectivity index (χ0v) is 20.3. The number of benzene rings is 3. The van der Waals surface area contributed by atoms with Gasteiger partial charge >= 0.3 is 0 Å². The Morgan fingerprint density at radius 3 is 1.94 bits per heavy atom. The van der Waals surface area contributed by atoms with E-state index in [4.69, 9.17) is 4.18 Å². The van der Waals surface area contributed by atoms with Gasteiger partial charge in [-0.05, 0) is 51.1 Å².